The number of methoxy groups -OCH3 is 2. The van der Waals surface area contributed by atoms with E-state index in [2.05, 4.69) is 35.4 Å². The van der Waals surface area contributed by atoms with Gasteiger partial charge in [-0.25, -0.2) is 14.6 Å². The summed E-state index contributed by atoms with van der Waals surface area (Å²) < 4.78 is 9.30. The van der Waals surface area contributed by atoms with Crippen molar-refractivity contribution < 1.29 is 33.4 Å². The van der Waals surface area contributed by atoms with Crippen LogP contribution in [0, 0.1) is 5.92 Å². The number of carbonyl (C=O) groups is 5. The predicted octanol–water partition coefficient (Wildman–Crippen LogP) is 4.46. The van der Waals surface area contributed by atoms with E-state index >= 15 is 0 Å². The fourth-order valence-electron chi connectivity index (χ4n) is 6.47. The van der Waals surface area contributed by atoms with Gasteiger partial charge in [0, 0.05) is 25.3 Å². The van der Waals surface area contributed by atoms with Crippen LogP contribution in [0.3, 0.4) is 0 Å². The van der Waals surface area contributed by atoms with E-state index in [1.165, 1.54) is 14.2 Å². The highest BCUT2D eigenvalue weighted by atomic mass is 16.5. The van der Waals surface area contributed by atoms with E-state index in [0.29, 0.717) is 43.9 Å². The summed E-state index contributed by atoms with van der Waals surface area (Å²) in [4.78, 5) is 73.9. The topological polar surface area (TPSA) is 175 Å². The molecule has 14 nitrogen and oxygen atoms in total. The number of imidazole rings is 1. The van der Waals surface area contributed by atoms with Crippen molar-refractivity contribution >= 4 is 35.6 Å². The first-order valence-corrected chi connectivity index (χ1v) is 17.0. The summed E-state index contributed by atoms with van der Waals surface area (Å²) in [5, 5.41) is 8.14. The Kier molecular flexibility index (Phi) is 11.7. The highest BCUT2D eigenvalue weighted by Crippen LogP contribution is 2.33. The molecule has 2 aliphatic heterocycles. The van der Waals surface area contributed by atoms with Gasteiger partial charge in [-0.3, -0.25) is 14.4 Å². The summed E-state index contributed by atoms with van der Waals surface area (Å²) in [6.45, 7) is 4.98. The molecule has 50 heavy (non-hydrogen) atoms. The minimum Gasteiger partial charge on any atom is -0.453 e. The van der Waals surface area contributed by atoms with Gasteiger partial charge in [0.2, 0.25) is 17.7 Å². The fourth-order valence-corrected chi connectivity index (χ4v) is 6.47. The summed E-state index contributed by atoms with van der Waals surface area (Å²) in [6.07, 6.45) is 3.51. The Bertz CT molecular complexity index is 1670. The number of hydrogen-bond donors (Lipinski definition) is 4. The Balaban J connectivity index is 1.16. The Morgan fingerprint density at radius 3 is 2.00 bits per heavy atom. The second-order valence-corrected chi connectivity index (χ2v) is 12.5. The highest BCUT2D eigenvalue weighted by molar-refractivity contribution is 5.94. The monoisotopic (exact) mass is 687 g/mol. The van der Waals surface area contributed by atoms with Crippen LogP contribution in [0.4, 0.5) is 15.3 Å². The van der Waals surface area contributed by atoms with Crippen molar-refractivity contribution in [3.63, 3.8) is 0 Å². The molecule has 266 valence electrons. The number of alkyl carbamates (subject to hydrolysis) is 2. The molecule has 0 aliphatic carbocycles. The molecule has 3 heterocycles. The number of nitrogens with zero attached hydrogens (tertiary/aromatic N) is 3. The maximum Gasteiger partial charge on any atom is 0.407 e. The number of ether oxygens (including phenoxy) is 2. The van der Waals surface area contributed by atoms with Gasteiger partial charge < -0.3 is 40.2 Å². The molecular weight excluding hydrogens is 642 g/mol. The Hall–Kier alpha value is -5.40. The lowest BCUT2D eigenvalue weighted by molar-refractivity contribution is -0.134. The molecule has 2 saturated heterocycles. The second kappa shape index (κ2) is 16.3. The first-order chi connectivity index (χ1) is 24.1. The summed E-state index contributed by atoms with van der Waals surface area (Å²) in [5.41, 5.74) is 4.42. The van der Waals surface area contributed by atoms with E-state index < -0.39 is 24.3 Å². The number of carbonyl (C=O) groups excluding carboxylic acids is 5. The van der Waals surface area contributed by atoms with E-state index in [0.717, 1.165) is 35.2 Å². The molecule has 5 rings (SSSR count). The molecule has 0 saturated carbocycles. The number of likely N-dealkylation sites (tertiary alicyclic amines) is 2. The van der Waals surface area contributed by atoms with Crippen LogP contribution in [0.15, 0.2) is 54.7 Å². The van der Waals surface area contributed by atoms with Crippen LogP contribution in [0.2, 0.25) is 0 Å². The van der Waals surface area contributed by atoms with E-state index in [-0.39, 0.29) is 36.2 Å². The number of amides is 5. The standard InChI is InChI=1S/C36H45N7O7/c1-5-27(40-35(47)49-3)33(45)42-19-17-25(21-42)32(44)38-26-15-13-23(14-16-26)22-9-11-24(12-10-22)29-20-37-31(39-29)30-8-7-18-43(30)34(46)28(6-2)41-36(48)50-4/h9-16,20,25,27-28,30H,5-8,17-19,21H2,1-4H3,(H,37,39)(H,38,44)(H,40,47)(H,41,48)/t25-,27+,28-,30-/m0/s1. The van der Waals surface area contributed by atoms with E-state index in [1.807, 2.05) is 55.5 Å². The largest absolute Gasteiger partial charge is 0.453 e. The SMILES string of the molecule is CC[C@H](NC(=O)OC)C(=O)N1CCC[C@H]1c1ncc(-c2ccc(-c3ccc(NC(=O)[C@H]4CCN(C(=O)[C@@H](CC)NC(=O)OC)C4)cc3)cc2)[nH]1. The van der Waals surface area contributed by atoms with E-state index in [1.54, 1.807) is 22.9 Å². The quantitative estimate of drug-likeness (QED) is 0.229. The third kappa shape index (κ3) is 8.24. The third-order valence-electron chi connectivity index (χ3n) is 9.37. The lowest BCUT2D eigenvalue weighted by Gasteiger charge is -2.27. The van der Waals surface area contributed by atoms with Crippen molar-refractivity contribution in [3.05, 3.63) is 60.6 Å². The normalized spacial score (nSPS) is 18.2. The van der Waals surface area contributed by atoms with Crippen molar-refractivity contribution in [3.8, 4) is 22.4 Å². The van der Waals surface area contributed by atoms with Gasteiger partial charge >= 0.3 is 12.2 Å². The summed E-state index contributed by atoms with van der Waals surface area (Å²) in [6, 6.07) is 14.1. The van der Waals surface area contributed by atoms with Gasteiger partial charge in [0.15, 0.2) is 0 Å². The zero-order valence-corrected chi connectivity index (χ0v) is 28.9. The molecule has 4 N–H and O–H groups in total. The maximum absolute atomic E-state index is 13.3. The molecule has 14 heteroatoms. The number of aromatic nitrogens is 2. The molecule has 0 unspecified atom stereocenters. The number of nitrogens with one attached hydrogen (secondary N) is 4. The van der Waals surface area contributed by atoms with Gasteiger partial charge in [-0.15, -0.1) is 0 Å². The molecule has 2 aliphatic rings. The van der Waals surface area contributed by atoms with Crippen molar-refractivity contribution in [2.24, 2.45) is 5.92 Å². The predicted molar refractivity (Wildman–Crippen MR) is 186 cm³/mol. The van der Waals surface area contributed by atoms with Gasteiger partial charge in [-0.1, -0.05) is 50.2 Å². The molecule has 5 amide bonds. The first kappa shape index (κ1) is 35.9. The molecule has 4 atom stereocenters. The van der Waals surface area contributed by atoms with Crippen LogP contribution in [-0.4, -0.2) is 95.6 Å². The summed E-state index contributed by atoms with van der Waals surface area (Å²) >= 11 is 0. The molecule has 2 aromatic carbocycles. The number of aromatic amines is 1. The fraction of sp³-hybridized carbons (Fsp3) is 0.444. The van der Waals surface area contributed by atoms with Crippen molar-refractivity contribution in [1.29, 1.82) is 0 Å². The maximum atomic E-state index is 13.3. The van der Waals surface area contributed by atoms with Crippen LogP contribution < -0.4 is 16.0 Å². The highest BCUT2D eigenvalue weighted by Gasteiger charge is 2.36. The molecule has 3 aromatic rings. The second-order valence-electron chi connectivity index (χ2n) is 12.5. The minimum absolute atomic E-state index is 0.151. The number of benzene rings is 2. The molecule has 0 radical (unpaired) electrons. The average molecular weight is 688 g/mol. The average Bonchev–Trinajstić information content (AvgIpc) is 3.94. The van der Waals surface area contributed by atoms with Gasteiger partial charge in [0.25, 0.3) is 0 Å². The molecule has 0 bridgehead atoms. The first-order valence-electron chi connectivity index (χ1n) is 17.0. The van der Waals surface area contributed by atoms with Gasteiger partial charge in [-0.2, -0.15) is 0 Å². The third-order valence-corrected chi connectivity index (χ3v) is 9.37. The summed E-state index contributed by atoms with van der Waals surface area (Å²) in [7, 11) is 2.52. The number of hydrogen-bond acceptors (Lipinski definition) is 8. The minimum atomic E-state index is -0.694. The lowest BCUT2D eigenvalue weighted by atomic mass is 10.0. The van der Waals surface area contributed by atoms with Crippen LogP contribution >= 0.6 is 0 Å². The van der Waals surface area contributed by atoms with E-state index in [9.17, 15) is 24.0 Å². The lowest BCUT2D eigenvalue weighted by Crippen LogP contribution is -2.48. The zero-order valence-electron chi connectivity index (χ0n) is 28.9. The van der Waals surface area contributed by atoms with Gasteiger partial charge in [0.05, 0.1) is 38.1 Å². The summed E-state index contributed by atoms with van der Waals surface area (Å²) in [5.74, 6) is -0.169. The van der Waals surface area contributed by atoms with Gasteiger partial charge in [0.1, 0.15) is 17.9 Å². The smallest absolute Gasteiger partial charge is 0.407 e. The van der Waals surface area contributed by atoms with Crippen LogP contribution in [0.5, 0.6) is 0 Å². The molecule has 0 spiro atoms. The molecule has 1 aromatic heterocycles. The van der Waals surface area contributed by atoms with Gasteiger partial charge in [-0.05, 0) is 60.9 Å². The Morgan fingerprint density at radius 2 is 1.40 bits per heavy atom. The molecule has 2 fully saturated rings. The Labute approximate surface area is 291 Å². The number of anilines is 1. The van der Waals surface area contributed by atoms with Crippen LogP contribution in [0.1, 0.15) is 57.8 Å². The number of H-pyrrole nitrogens is 1. The molecular formula is C36H45N7O7. The Morgan fingerprint density at radius 1 is 0.820 bits per heavy atom. The van der Waals surface area contributed by atoms with Crippen molar-refractivity contribution in [1.82, 2.24) is 30.4 Å². The number of rotatable bonds is 11. The van der Waals surface area contributed by atoms with Crippen LogP contribution in [-0.2, 0) is 23.9 Å². The van der Waals surface area contributed by atoms with Crippen molar-refractivity contribution in [2.45, 2.75) is 64.1 Å². The van der Waals surface area contributed by atoms with E-state index in [4.69, 9.17) is 0 Å². The zero-order chi connectivity index (χ0) is 35.8. The van der Waals surface area contributed by atoms with Crippen molar-refractivity contribution in [2.75, 3.05) is 39.2 Å². The van der Waals surface area contributed by atoms with Crippen LogP contribution in [0.25, 0.3) is 22.4 Å².